The standard InChI is InChI=1S/C11H12FNO/c12-11-5-4-10(8-13)9(7-11)3-1-2-6-14/h4-5,7,14H,2,6,8,13H2. The number of aliphatic hydroxyl groups excluding tert-OH is 1. The first-order valence-electron chi connectivity index (χ1n) is 4.36. The molecule has 0 unspecified atom stereocenters. The second kappa shape index (κ2) is 5.38. The highest BCUT2D eigenvalue weighted by Gasteiger charge is 1.99. The average molecular weight is 193 g/mol. The van der Waals surface area contributed by atoms with Crippen molar-refractivity contribution in [3.63, 3.8) is 0 Å². The van der Waals surface area contributed by atoms with Crippen molar-refractivity contribution in [3.05, 3.63) is 35.1 Å². The van der Waals surface area contributed by atoms with Crippen LogP contribution in [0.5, 0.6) is 0 Å². The summed E-state index contributed by atoms with van der Waals surface area (Å²) in [7, 11) is 0. The van der Waals surface area contributed by atoms with Crippen LogP contribution in [0.3, 0.4) is 0 Å². The monoisotopic (exact) mass is 193 g/mol. The molecule has 0 amide bonds. The van der Waals surface area contributed by atoms with Crippen molar-refractivity contribution >= 4 is 0 Å². The maximum atomic E-state index is 12.8. The molecule has 1 rings (SSSR count). The fraction of sp³-hybridized carbons (Fsp3) is 0.273. The fourth-order valence-corrected chi connectivity index (χ4v) is 1.06. The molecule has 0 bridgehead atoms. The van der Waals surface area contributed by atoms with Crippen molar-refractivity contribution in [2.75, 3.05) is 6.61 Å². The van der Waals surface area contributed by atoms with E-state index in [0.29, 0.717) is 18.5 Å². The van der Waals surface area contributed by atoms with E-state index in [1.165, 1.54) is 12.1 Å². The normalized spacial score (nSPS) is 9.36. The van der Waals surface area contributed by atoms with Crippen LogP contribution >= 0.6 is 0 Å². The van der Waals surface area contributed by atoms with Crippen molar-refractivity contribution in [2.45, 2.75) is 13.0 Å². The second-order valence-electron chi connectivity index (χ2n) is 2.78. The van der Waals surface area contributed by atoms with Crippen LogP contribution < -0.4 is 5.73 Å². The Bertz CT molecular complexity index is 365. The largest absolute Gasteiger partial charge is 0.395 e. The Balaban J connectivity index is 2.94. The van der Waals surface area contributed by atoms with E-state index in [1.54, 1.807) is 6.07 Å². The zero-order valence-corrected chi connectivity index (χ0v) is 7.76. The van der Waals surface area contributed by atoms with Crippen LogP contribution in [-0.2, 0) is 6.54 Å². The first-order chi connectivity index (χ1) is 6.77. The van der Waals surface area contributed by atoms with Crippen LogP contribution in [0, 0.1) is 17.7 Å². The predicted octanol–water partition coefficient (Wildman–Crippen LogP) is 1.02. The van der Waals surface area contributed by atoms with Crippen LogP contribution in [0.4, 0.5) is 4.39 Å². The second-order valence-corrected chi connectivity index (χ2v) is 2.78. The third kappa shape index (κ3) is 2.84. The van der Waals surface area contributed by atoms with Gasteiger partial charge in [-0.25, -0.2) is 4.39 Å². The van der Waals surface area contributed by atoms with Gasteiger partial charge in [-0.15, -0.1) is 0 Å². The molecule has 0 aliphatic heterocycles. The van der Waals surface area contributed by atoms with Gasteiger partial charge in [0, 0.05) is 18.5 Å². The summed E-state index contributed by atoms with van der Waals surface area (Å²) in [5.41, 5.74) is 6.88. The van der Waals surface area contributed by atoms with E-state index in [9.17, 15) is 4.39 Å². The van der Waals surface area contributed by atoms with Crippen LogP contribution in [0.2, 0.25) is 0 Å². The molecule has 0 saturated carbocycles. The highest BCUT2D eigenvalue weighted by Crippen LogP contribution is 2.09. The molecule has 0 spiro atoms. The molecule has 0 aromatic heterocycles. The number of aliphatic hydroxyl groups is 1. The van der Waals surface area contributed by atoms with E-state index >= 15 is 0 Å². The average Bonchev–Trinajstić information content (AvgIpc) is 2.19. The Morgan fingerprint density at radius 1 is 1.43 bits per heavy atom. The van der Waals surface area contributed by atoms with Gasteiger partial charge in [0.25, 0.3) is 0 Å². The lowest BCUT2D eigenvalue weighted by atomic mass is 10.1. The Hall–Kier alpha value is -1.37. The highest BCUT2D eigenvalue weighted by atomic mass is 19.1. The van der Waals surface area contributed by atoms with Crippen LogP contribution in [0.15, 0.2) is 18.2 Å². The fourth-order valence-electron chi connectivity index (χ4n) is 1.06. The summed E-state index contributed by atoms with van der Waals surface area (Å²) in [6.07, 6.45) is 0.389. The quantitative estimate of drug-likeness (QED) is 0.689. The molecule has 1 aromatic carbocycles. The number of halogens is 1. The zero-order chi connectivity index (χ0) is 10.4. The molecule has 14 heavy (non-hydrogen) atoms. The van der Waals surface area contributed by atoms with Gasteiger partial charge >= 0.3 is 0 Å². The van der Waals surface area contributed by atoms with Crippen molar-refractivity contribution in [1.82, 2.24) is 0 Å². The van der Waals surface area contributed by atoms with E-state index in [0.717, 1.165) is 5.56 Å². The molecule has 1 aromatic rings. The maximum Gasteiger partial charge on any atom is 0.124 e. The lowest BCUT2D eigenvalue weighted by molar-refractivity contribution is 0.305. The van der Waals surface area contributed by atoms with Crippen LogP contribution in [-0.4, -0.2) is 11.7 Å². The van der Waals surface area contributed by atoms with Gasteiger partial charge in [0.2, 0.25) is 0 Å². The molecule has 0 aliphatic rings. The molecule has 3 N–H and O–H groups in total. The summed E-state index contributed by atoms with van der Waals surface area (Å²) in [5, 5.41) is 8.52. The Morgan fingerprint density at radius 3 is 2.86 bits per heavy atom. The first kappa shape index (κ1) is 10.7. The minimum atomic E-state index is -0.324. The summed E-state index contributed by atoms with van der Waals surface area (Å²) < 4.78 is 12.8. The molecule has 0 aliphatic carbocycles. The van der Waals surface area contributed by atoms with Gasteiger partial charge in [0.1, 0.15) is 5.82 Å². The molecular weight excluding hydrogens is 181 g/mol. The number of benzene rings is 1. The van der Waals surface area contributed by atoms with Gasteiger partial charge in [-0.05, 0) is 17.7 Å². The Kier molecular flexibility index (Phi) is 4.11. The van der Waals surface area contributed by atoms with Gasteiger partial charge in [0.15, 0.2) is 0 Å². The molecular formula is C11H12FNO. The molecule has 74 valence electrons. The zero-order valence-electron chi connectivity index (χ0n) is 7.76. The molecule has 0 heterocycles. The number of rotatable bonds is 2. The van der Waals surface area contributed by atoms with Gasteiger partial charge < -0.3 is 10.8 Å². The summed E-state index contributed by atoms with van der Waals surface area (Å²) in [5.74, 6) is 5.18. The van der Waals surface area contributed by atoms with Gasteiger partial charge in [-0.3, -0.25) is 0 Å². The van der Waals surface area contributed by atoms with E-state index in [4.69, 9.17) is 10.8 Å². The molecule has 2 nitrogen and oxygen atoms in total. The molecule has 0 fully saturated rings. The molecule has 0 radical (unpaired) electrons. The van der Waals surface area contributed by atoms with Crippen molar-refractivity contribution < 1.29 is 9.50 Å². The SMILES string of the molecule is NCc1ccc(F)cc1C#CCCO. The van der Waals surface area contributed by atoms with E-state index in [2.05, 4.69) is 11.8 Å². The third-order valence-corrected chi connectivity index (χ3v) is 1.75. The van der Waals surface area contributed by atoms with Crippen molar-refractivity contribution in [2.24, 2.45) is 5.73 Å². The summed E-state index contributed by atoms with van der Waals surface area (Å²) in [6.45, 7) is 0.351. The molecule has 3 heteroatoms. The van der Waals surface area contributed by atoms with Gasteiger partial charge in [-0.1, -0.05) is 17.9 Å². The summed E-state index contributed by atoms with van der Waals surface area (Å²) in [6, 6.07) is 4.34. The summed E-state index contributed by atoms with van der Waals surface area (Å²) >= 11 is 0. The minimum absolute atomic E-state index is 0.0142. The van der Waals surface area contributed by atoms with Gasteiger partial charge in [-0.2, -0.15) is 0 Å². The highest BCUT2D eigenvalue weighted by molar-refractivity contribution is 5.41. The molecule has 0 atom stereocenters. The maximum absolute atomic E-state index is 12.8. The van der Waals surface area contributed by atoms with Crippen molar-refractivity contribution in [1.29, 1.82) is 0 Å². The smallest absolute Gasteiger partial charge is 0.124 e. The number of hydrogen-bond donors (Lipinski definition) is 2. The number of nitrogens with two attached hydrogens (primary N) is 1. The van der Waals surface area contributed by atoms with Crippen molar-refractivity contribution in [3.8, 4) is 11.8 Å². The predicted molar refractivity (Wildman–Crippen MR) is 52.9 cm³/mol. The number of hydrogen-bond acceptors (Lipinski definition) is 2. The Morgan fingerprint density at radius 2 is 2.21 bits per heavy atom. The Labute approximate surface area is 82.6 Å². The van der Waals surface area contributed by atoms with E-state index < -0.39 is 0 Å². The summed E-state index contributed by atoms with van der Waals surface area (Å²) in [4.78, 5) is 0. The third-order valence-electron chi connectivity index (χ3n) is 1.75. The minimum Gasteiger partial charge on any atom is -0.395 e. The molecule has 0 saturated heterocycles. The van der Waals surface area contributed by atoms with Crippen LogP contribution in [0.25, 0.3) is 0 Å². The van der Waals surface area contributed by atoms with E-state index in [1.807, 2.05) is 0 Å². The lowest BCUT2D eigenvalue weighted by Gasteiger charge is -2.00. The lowest BCUT2D eigenvalue weighted by Crippen LogP contribution is -1.99. The van der Waals surface area contributed by atoms with Crippen LogP contribution in [0.1, 0.15) is 17.5 Å². The van der Waals surface area contributed by atoms with E-state index in [-0.39, 0.29) is 12.4 Å². The topological polar surface area (TPSA) is 46.2 Å². The first-order valence-corrected chi connectivity index (χ1v) is 4.36. The van der Waals surface area contributed by atoms with Gasteiger partial charge in [0.05, 0.1) is 6.61 Å².